The lowest BCUT2D eigenvalue weighted by Gasteiger charge is -2.39. The second-order valence-corrected chi connectivity index (χ2v) is 11.3. The number of hydrogen-bond donors (Lipinski definition) is 1. The Hall–Kier alpha value is -4.31. The minimum absolute atomic E-state index is 0.0109. The van der Waals surface area contributed by atoms with Gasteiger partial charge in [-0.05, 0) is 50.3 Å². The number of aromatic nitrogens is 4. The van der Waals surface area contributed by atoms with E-state index in [1.165, 1.54) is 0 Å². The predicted molar refractivity (Wildman–Crippen MR) is 164 cm³/mol. The molecule has 1 amide bonds. The molecule has 0 saturated carbocycles. The molecule has 1 fully saturated rings. The molecule has 4 aromatic rings. The third-order valence-electron chi connectivity index (χ3n) is 8.08. The third-order valence-corrected chi connectivity index (χ3v) is 8.08. The Balaban J connectivity index is 1.40. The van der Waals surface area contributed by atoms with Crippen LogP contribution in [0.3, 0.4) is 0 Å². The molecule has 2 atom stereocenters. The van der Waals surface area contributed by atoms with Gasteiger partial charge in [0.05, 0.1) is 31.8 Å². The molecule has 43 heavy (non-hydrogen) atoms. The lowest BCUT2D eigenvalue weighted by atomic mass is 9.98. The highest BCUT2D eigenvalue weighted by Gasteiger charge is 2.29. The van der Waals surface area contributed by atoms with Crippen LogP contribution in [0, 0.1) is 6.92 Å². The molecule has 0 aliphatic carbocycles. The summed E-state index contributed by atoms with van der Waals surface area (Å²) in [6.07, 6.45) is 3.23. The monoisotopic (exact) mass is 585 g/mol. The summed E-state index contributed by atoms with van der Waals surface area (Å²) >= 11 is 0. The number of carbonyl (C=O) groups excluding carboxylic acids is 1. The lowest BCUT2D eigenvalue weighted by Crippen LogP contribution is -2.52. The highest BCUT2D eigenvalue weighted by Crippen LogP contribution is 2.30. The summed E-state index contributed by atoms with van der Waals surface area (Å²) in [5.41, 5.74) is 4.75. The average molecular weight is 586 g/mol. The van der Waals surface area contributed by atoms with Crippen LogP contribution in [0.25, 0.3) is 22.5 Å². The van der Waals surface area contributed by atoms with Gasteiger partial charge in [0.15, 0.2) is 5.82 Å². The molecule has 2 unspecified atom stereocenters. The molecule has 1 aliphatic rings. The molecule has 10 nitrogen and oxygen atoms in total. The van der Waals surface area contributed by atoms with Crippen molar-refractivity contribution in [3.05, 3.63) is 92.1 Å². The average Bonchev–Trinajstić information content (AvgIpc) is 3.44. The van der Waals surface area contributed by atoms with Gasteiger partial charge in [-0.3, -0.25) is 23.7 Å². The van der Waals surface area contributed by atoms with E-state index in [1.54, 1.807) is 4.57 Å². The summed E-state index contributed by atoms with van der Waals surface area (Å²) in [6.45, 7) is 9.41. The van der Waals surface area contributed by atoms with E-state index in [2.05, 4.69) is 17.1 Å². The molecular formula is C33H39N5O5. The zero-order chi connectivity index (χ0) is 30.5. The van der Waals surface area contributed by atoms with E-state index >= 15 is 0 Å². The van der Waals surface area contributed by atoms with Crippen LogP contribution < -0.4 is 11.3 Å². The number of benzene rings is 2. The fourth-order valence-electron chi connectivity index (χ4n) is 5.85. The molecule has 5 rings (SSSR count). The van der Waals surface area contributed by atoms with Crippen molar-refractivity contribution < 1.29 is 14.1 Å². The first kappa shape index (κ1) is 30.2. The van der Waals surface area contributed by atoms with E-state index < -0.39 is 5.76 Å². The SMILES string of the molecule is CCCCc1nc(C)c(CCC(=O)N2C(C)COCC2C)c(=O)n1Cc1ccc(-c2ccccc2-c2noc(=O)[nH]2)cc1. The summed E-state index contributed by atoms with van der Waals surface area (Å²) in [7, 11) is 0. The summed E-state index contributed by atoms with van der Waals surface area (Å²) < 4.78 is 12.1. The van der Waals surface area contributed by atoms with Gasteiger partial charge in [0.25, 0.3) is 5.56 Å². The van der Waals surface area contributed by atoms with Crippen LogP contribution in [0.2, 0.25) is 0 Å². The maximum Gasteiger partial charge on any atom is 0.439 e. The number of morpholine rings is 1. The van der Waals surface area contributed by atoms with Crippen LogP contribution in [0.5, 0.6) is 0 Å². The van der Waals surface area contributed by atoms with E-state index in [0.29, 0.717) is 49.7 Å². The molecule has 2 aromatic carbocycles. The Morgan fingerprint density at radius 2 is 1.70 bits per heavy atom. The van der Waals surface area contributed by atoms with Gasteiger partial charge >= 0.3 is 5.76 Å². The first-order valence-corrected chi connectivity index (χ1v) is 15.0. The third kappa shape index (κ3) is 6.69. The van der Waals surface area contributed by atoms with Gasteiger partial charge < -0.3 is 9.64 Å². The van der Waals surface area contributed by atoms with Crippen molar-refractivity contribution in [3.8, 4) is 22.5 Å². The second-order valence-electron chi connectivity index (χ2n) is 11.3. The van der Waals surface area contributed by atoms with Crippen molar-refractivity contribution in [2.45, 2.75) is 78.4 Å². The second kappa shape index (κ2) is 13.3. The largest absolute Gasteiger partial charge is 0.439 e. The fourth-order valence-corrected chi connectivity index (χ4v) is 5.85. The van der Waals surface area contributed by atoms with Crippen LogP contribution in [0.4, 0.5) is 0 Å². The maximum absolute atomic E-state index is 13.9. The number of carbonyl (C=O) groups is 1. The van der Waals surface area contributed by atoms with Crippen LogP contribution >= 0.6 is 0 Å². The normalized spacial score (nSPS) is 16.9. The Bertz CT molecular complexity index is 1680. The molecule has 226 valence electrons. The summed E-state index contributed by atoms with van der Waals surface area (Å²) in [5.74, 6) is 0.560. The van der Waals surface area contributed by atoms with E-state index in [1.807, 2.05) is 74.2 Å². The number of aryl methyl sites for hydroxylation is 2. The smallest absolute Gasteiger partial charge is 0.377 e. The highest BCUT2D eigenvalue weighted by atomic mass is 16.5. The van der Waals surface area contributed by atoms with Gasteiger partial charge in [-0.1, -0.05) is 67.0 Å². The van der Waals surface area contributed by atoms with Crippen molar-refractivity contribution in [1.29, 1.82) is 0 Å². The van der Waals surface area contributed by atoms with Crippen LogP contribution in [-0.2, 0) is 28.9 Å². The number of ether oxygens (including phenoxy) is 1. The predicted octanol–water partition coefficient (Wildman–Crippen LogP) is 4.52. The molecule has 0 bridgehead atoms. The number of unbranched alkanes of at least 4 members (excludes halogenated alkanes) is 1. The molecule has 1 saturated heterocycles. The van der Waals surface area contributed by atoms with Crippen LogP contribution in [-0.4, -0.2) is 55.8 Å². The zero-order valence-corrected chi connectivity index (χ0v) is 25.3. The van der Waals surface area contributed by atoms with Crippen molar-refractivity contribution in [3.63, 3.8) is 0 Å². The maximum atomic E-state index is 13.9. The van der Waals surface area contributed by atoms with Gasteiger partial charge in [-0.25, -0.2) is 9.78 Å². The topological polar surface area (TPSA) is 123 Å². The molecule has 10 heteroatoms. The number of nitrogens with one attached hydrogen (secondary N) is 1. The molecule has 0 spiro atoms. The zero-order valence-electron chi connectivity index (χ0n) is 25.3. The summed E-state index contributed by atoms with van der Waals surface area (Å²) in [4.78, 5) is 48.0. The van der Waals surface area contributed by atoms with Gasteiger partial charge in [-0.2, -0.15) is 0 Å². The van der Waals surface area contributed by atoms with Gasteiger partial charge in [0.1, 0.15) is 5.82 Å². The van der Waals surface area contributed by atoms with Crippen molar-refractivity contribution in [2.75, 3.05) is 13.2 Å². The van der Waals surface area contributed by atoms with E-state index in [0.717, 1.165) is 40.9 Å². The highest BCUT2D eigenvalue weighted by molar-refractivity contribution is 5.80. The van der Waals surface area contributed by atoms with E-state index in [9.17, 15) is 14.4 Å². The standard InChI is InChI=1S/C33H39N5O5/c1-5-6-11-29-34-23(4)26(16-17-30(39)38-21(2)19-42-20-22(38)3)32(40)37(29)18-24-12-14-25(15-13-24)27-9-7-8-10-28(27)31-35-33(41)43-36-31/h7-10,12-15,21-22H,5-6,11,16-20H2,1-4H3,(H,35,36,41). The Morgan fingerprint density at radius 1 is 1.00 bits per heavy atom. The molecule has 1 N–H and O–H groups in total. The minimum atomic E-state index is -0.606. The Labute approximate surface area is 250 Å². The van der Waals surface area contributed by atoms with Crippen LogP contribution in [0.1, 0.15) is 62.7 Å². The first-order chi connectivity index (χ1) is 20.8. The first-order valence-electron chi connectivity index (χ1n) is 15.0. The Kier molecular flexibility index (Phi) is 9.35. The van der Waals surface area contributed by atoms with Gasteiger partial charge in [0.2, 0.25) is 5.91 Å². The number of hydrogen-bond acceptors (Lipinski definition) is 7. The summed E-state index contributed by atoms with van der Waals surface area (Å²) in [6, 6.07) is 15.6. The molecule has 2 aromatic heterocycles. The van der Waals surface area contributed by atoms with Gasteiger partial charge in [-0.15, -0.1) is 0 Å². The number of amides is 1. The van der Waals surface area contributed by atoms with Gasteiger partial charge in [0, 0.05) is 29.7 Å². The molecule has 0 radical (unpaired) electrons. The lowest BCUT2D eigenvalue weighted by molar-refractivity contribution is -0.144. The van der Waals surface area contributed by atoms with Crippen molar-refractivity contribution >= 4 is 5.91 Å². The minimum Gasteiger partial charge on any atom is -0.377 e. The number of H-pyrrole nitrogens is 1. The number of aromatic amines is 1. The number of rotatable bonds is 10. The summed E-state index contributed by atoms with van der Waals surface area (Å²) in [5, 5.41) is 3.85. The Morgan fingerprint density at radius 3 is 2.35 bits per heavy atom. The molecular weight excluding hydrogens is 546 g/mol. The van der Waals surface area contributed by atoms with Crippen molar-refractivity contribution in [1.82, 2.24) is 24.6 Å². The molecule has 3 heterocycles. The number of nitrogens with zero attached hydrogens (tertiary/aromatic N) is 4. The molecule has 1 aliphatic heterocycles. The van der Waals surface area contributed by atoms with E-state index in [4.69, 9.17) is 14.2 Å². The van der Waals surface area contributed by atoms with Crippen molar-refractivity contribution in [2.24, 2.45) is 0 Å². The quantitative estimate of drug-likeness (QED) is 0.290. The van der Waals surface area contributed by atoms with E-state index in [-0.39, 0.29) is 30.0 Å². The van der Waals surface area contributed by atoms with Crippen LogP contribution in [0.15, 0.2) is 62.6 Å². The fraction of sp³-hybridized carbons (Fsp3) is 0.424.